The number of nitrogen functional groups attached to an aromatic ring is 1. The van der Waals surface area contributed by atoms with Gasteiger partial charge in [0.1, 0.15) is 11.6 Å². The molecule has 0 spiro atoms. The van der Waals surface area contributed by atoms with Crippen LogP contribution in [0.5, 0.6) is 0 Å². The smallest absolute Gasteiger partial charge is 0.145 e. The quantitative estimate of drug-likeness (QED) is 0.576. The lowest BCUT2D eigenvalue weighted by Gasteiger charge is -1.96. The third-order valence-electron chi connectivity index (χ3n) is 2.51. The Balaban J connectivity index is 2.17. The predicted molar refractivity (Wildman–Crippen MR) is 62.8 cm³/mol. The maximum absolute atomic E-state index is 5.57. The van der Waals surface area contributed by atoms with Crippen molar-refractivity contribution in [3.8, 4) is 11.3 Å². The maximum atomic E-state index is 5.57. The number of anilines is 1. The van der Waals surface area contributed by atoms with Crippen LogP contribution in [0.4, 0.5) is 5.82 Å². The molecule has 0 saturated heterocycles. The Labute approximate surface area is 91.7 Å². The van der Waals surface area contributed by atoms with Gasteiger partial charge >= 0.3 is 0 Å². The Hall–Kier alpha value is -2.30. The fraction of sp³-hybridized carbons (Fsp3) is 0.0909. The number of aromatic amines is 2. The molecule has 3 rings (SSSR count). The van der Waals surface area contributed by atoms with Gasteiger partial charge in [0.05, 0.1) is 16.7 Å². The van der Waals surface area contributed by atoms with Crippen molar-refractivity contribution >= 4 is 16.9 Å². The fourth-order valence-corrected chi connectivity index (χ4v) is 1.79. The number of aromatic nitrogens is 4. The second kappa shape index (κ2) is 3.10. The summed E-state index contributed by atoms with van der Waals surface area (Å²) in [5.74, 6) is 1.41. The van der Waals surface area contributed by atoms with Crippen molar-refractivity contribution in [3.05, 3.63) is 30.1 Å². The molecular weight excluding hydrogens is 202 g/mol. The lowest BCUT2D eigenvalue weighted by atomic mass is 10.1. The maximum Gasteiger partial charge on any atom is 0.145 e. The molecule has 0 radical (unpaired) electrons. The Morgan fingerprint density at radius 3 is 2.88 bits per heavy atom. The van der Waals surface area contributed by atoms with Crippen molar-refractivity contribution in [2.75, 3.05) is 5.73 Å². The molecule has 0 unspecified atom stereocenters. The fourth-order valence-electron chi connectivity index (χ4n) is 1.79. The third kappa shape index (κ3) is 1.33. The van der Waals surface area contributed by atoms with Crippen LogP contribution in [0.2, 0.25) is 0 Å². The Kier molecular flexibility index (Phi) is 1.73. The Morgan fingerprint density at radius 1 is 1.25 bits per heavy atom. The first kappa shape index (κ1) is 8.96. The number of imidazole rings is 1. The zero-order valence-corrected chi connectivity index (χ0v) is 8.78. The van der Waals surface area contributed by atoms with Crippen molar-refractivity contribution < 1.29 is 0 Å². The molecule has 0 bridgehead atoms. The minimum Gasteiger partial charge on any atom is -0.382 e. The molecule has 4 N–H and O–H groups in total. The first-order valence-electron chi connectivity index (χ1n) is 5.00. The highest BCUT2D eigenvalue weighted by Crippen LogP contribution is 2.22. The summed E-state index contributed by atoms with van der Waals surface area (Å²) in [6.07, 6.45) is 0. The van der Waals surface area contributed by atoms with Crippen LogP contribution in [0.3, 0.4) is 0 Å². The molecule has 3 aromatic rings. The predicted octanol–water partition coefficient (Wildman–Crippen LogP) is 1.84. The minimum absolute atomic E-state index is 0.496. The van der Waals surface area contributed by atoms with Gasteiger partial charge in [0, 0.05) is 11.6 Å². The third-order valence-corrected chi connectivity index (χ3v) is 2.51. The highest BCUT2D eigenvalue weighted by molar-refractivity contribution is 5.81. The molecule has 0 aliphatic heterocycles. The molecule has 0 saturated carbocycles. The van der Waals surface area contributed by atoms with Crippen molar-refractivity contribution in [1.82, 2.24) is 20.2 Å². The molecule has 1 aromatic carbocycles. The summed E-state index contributed by atoms with van der Waals surface area (Å²) < 4.78 is 0. The number of nitrogens with one attached hydrogen (secondary N) is 2. The molecular formula is C11H11N5. The van der Waals surface area contributed by atoms with Gasteiger partial charge in [0.2, 0.25) is 0 Å². The lowest BCUT2D eigenvalue weighted by Crippen LogP contribution is -1.81. The standard InChI is InChI=1S/C11H11N5/c1-6-13-8-3-2-7(4-10(8)14-6)9-5-11(12)16-15-9/h2-5H,1H3,(H,13,14)(H3,12,15,16). The van der Waals surface area contributed by atoms with Gasteiger partial charge in [-0.3, -0.25) is 5.10 Å². The van der Waals surface area contributed by atoms with Gasteiger partial charge in [0.15, 0.2) is 0 Å². The van der Waals surface area contributed by atoms with Crippen LogP contribution in [0.1, 0.15) is 5.82 Å². The number of rotatable bonds is 1. The van der Waals surface area contributed by atoms with E-state index in [0.717, 1.165) is 28.1 Å². The van der Waals surface area contributed by atoms with Crippen LogP contribution in [-0.2, 0) is 0 Å². The normalized spacial score (nSPS) is 11.1. The molecule has 2 heterocycles. The van der Waals surface area contributed by atoms with Gasteiger partial charge in [-0.1, -0.05) is 6.07 Å². The summed E-state index contributed by atoms with van der Waals surface area (Å²) in [5.41, 5.74) is 9.50. The number of hydrogen-bond acceptors (Lipinski definition) is 3. The highest BCUT2D eigenvalue weighted by Gasteiger charge is 2.04. The number of benzene rings is 1. The average Bonchev–Trinajstić information content (AvgIpc) is 2.81. The summed E-state index contributed by atoms with van der Waals surface area (Å²) in [5, 5.41) is 6.79. The van der Waals surface area contributed by atoms with E-state index >= 15 is 0 Å². The molecule has 5 nitrogen and oxygen atoms in total. The van der Waals surface area contributed by atoms with Crippen molar-refractivity contribution in [2.45, 2.75) is 6.92 Å². The van der Waals surface area contributed by atoms with Crippen LogP contribution in [-0.4, -0.2) is 20.2 Å². The van der Waals surface area contributed by atoms with E-state index in [-0.39, 0.29) is 0 Å². The number of aryl methyl sites for hydroxylation is 1. The van der Waals surface area contributed by atoms with Crippen LogP contribution in [0, 0.1) is 6.92 Å². The van der Waals surface area contributed by atoms with E-state index in [0.29, 0.717) is 5.82 Å². The summed E-state index contributed by atoms with van der Waals surface area (Å²) in [7, 11) is 0. The Morgan fingerprint density at radius 2 is 2.12 bits per heavy atom. The number of H-pyrrole nitrogens is 2. The largest absolute Gasteiger partial charge is 0.382 e. The van der Waals surface area contributed by atoms with Gasteiger partial charge in [-0.05, 0) is 19.1 Å². The molecule has 0 aliphatic carbocycles. The number of nitrogens with zero attached hydrogens (tertiary/aromatic N) is 2. The summed E-state index contributed by atoms with van der Waals surface area (Å²) in [6.45, 7) is 1.94. The zero-order chi connectivity index (χ0) is 11.1. The first-order chi connectivity index (χ1) is 7.72. The van der Waals surface area contributed by atoms with Crippen LogP contribution in [0.15, 0.2) is 24.3 Å². The Bertz CT molecular complexity index is 649. The van der Waals surface area contributed by atoms with E-state index in [9.17, 15) is 0 Å². The average molecular weight is 213 g/mol. The lowest BCUT2D eigenvalue weighted by molar-refractivity contribution is 1.10. The SMILES string of the molecule is Cc1nc2ccc(-c3cc(N)n[nH]3)cc2[nH]1. The van der Waals surface area contributed by atoms with Crippen LogP contribution < -0.4 is 5.73 Å². The van der Waals surface area contributed by atoms with Crippen molar-refractivity contribution in [2.24, 2.45) is 0 Å². The monoisotopic (exact) mass is 213 g/mol. The van der Waals surface area contributed by atoms with Crippen LogP contribution >= 0.6 is 0 Å². The molecule has 5 heteroatoms. The van der Waals surface area contributed by atoms with Crippen molar-refractivity contribution in [3.63, 3.8) is 0 Å². The second-order valence-electron chi connectivity index (χ2n) is 3.76. The van der Waals surface area contributed by atoms with Crippen LogP contribution in [0.25, 0.3) is 22.3 Å². The molecule has 0 atom stereocenters. The summed E-state index contributed by atoms with van der Waals surface area (Å²) >= 11 is 0. The second-order valence-corrected chi connectivity index (χ2v) is 3.76. The molecule has 0 fully saturated rings. The van der Waals surface area contributed by atoms with Gasteiger partial charge < -0.3 is 10.7 Å². The molecule has 80 valence electrons. The van der Waals surface area contributed by atoms with E-state index < -0.39 is 0 Å². The molecule has 2 aromatic heterocycles. The highest BCUT2D eigenvalue weighted by atomic mass is 15.2. The molecule has 16 heavy (non-hydrogen) atoms. The van der Waals surface area contributed by atoms with Gasteiger partial charge in [-0.15, -0.1) is 0 Å². The van der Waals surface area contributed by atoms with E-state index in [1.54, 1.807) is 0 Å². The van der Waals surface area contributed by atoms with Gasteiger partial charge in [-0.2, -0.15) is 5.10 Å². The summed E-state index contributed by atoms with van der Waals surface area (Å²) in [6, 6.07) is 7.81. The topological polar surface area (TPSA) is 83.4 Å². The molecule has 0 aliphatic rings. The number of fused-ring (bicyclic) bond motifs is 1. The first-order valence-corrected chi connectivity index (χ1v) is 5.00. The summed E-state index contributed by atoms with van der Waals surface area (Å²) in [4.78, 5) is 7.55. The van der Waals surface area contributed by atoms with E-state index in [1.807, 2.05) is 31.2 Å². The molecule has 0 amide bonds. The van der Waals surface area contributed by atoms with E-state index in [2.05, 4.69) is 20.2 Å². The minimum atomic E-state index is 0.496. The van der Waals surface area contributed by atoms with E-state index in [1.165, 1.54) is 0 Å². The van der Waals surface area contributed by atoms with Crippen molar-refractivity contribution in [1.29, 1.82) is 0 Å². The van der Waals surface area contributed by atoms with Gasteiger partial charge in [0.25, 0.3) is 0 Å². The van der Waals surface area contributed by atoms with E-state index in [4.69, 9.17) is 5.73 Å². The number of hydrogen-bond donors (Lipinski definition) is 3. The van der Waals surface area contributed by atoms with Gasteiger partial charge in [-0.25, -0.2) is 4.98 Å². The number of nitrogens with two attached hydrogens (primary N) is 1. The zero-order valence-electron chi connectivity index (χ0n) is 8.78.